The molecule has 0 spiro atoms. The SMILES string of the molecule is Cn1c2ccc([N+](=O)[O-])cc2c2cc(C(=O)N3CCOCC3)sc21. The molecule has 1 fully saturated rings. The molecule has 1 aromatic carbocycles. The zero-order valence-electron chi connectivity index (χ0n) is 13.0. The maximum atomic E-state index is 12.7. The van der Waals surface area contributed by atoms with Gasteiger partial charge in [-0.2, -0.15) is 0 Å². The second-order valence-electron chi connectivity index (χ2n) is 5.75. The lowest BCUT2D eigenvalue weighted by Crippen LogP contribution is -2.40. The number of nitrogens with zero attached hydrogens (tertiary/aromatic N) is 3. The first-order valence-corrected chi connectivity index (χ1v) is 8.41. The molecule has 1 aliphatic rings. The van der Waals surface area contributed by atoms with Gasteiger partial charge in [-0.1, -0.05) is 0 Å². The van der Waals surface area contributed by atoms with E-state index in [0.717, 1.165) is 21.1 Å². The highest BCUT2D eigenvalue weighted by molar-refractivity contribution is 7.20. The van der Waals surface area contributed by atoms with Crippen molar-refractivity contribution in [1.29, 1.82) is 0 Å². The van der Waals surface area contributed by atoms with Crippen LogP contribution in [0, 0.1) is 10.1 Å². The van der Waals surface area contributed by atoms with Crippen molar-refractivity contribution in [2.24, 2.45) is 7.05 Å². The van der Waals surface area contributed by atoms with E-state index in [0.29, 0.717) is 31.2 Å². The molecular weight excluding hydrogens is 330 g/mol. The summed E-state index contributed by atoms with van der Waals surface area (Å²) in [7, 11) is 1.91. The second-order valence-corrected chi connectivity index (χ2v) is 6.78. The maximum Gasteiger partial charge on any atom is 0.270 e. The molecule has 0 saturated carbocycles. The fraction of sp³-hybridized carbons (Fsp3) is 0.312. The third kappa shape index (κ3) is 2.26. The molecule has 0 aliphatic carbocycles. The molecule has 1 amide bonds. The molecule has 3 aromatic rings. The third-order valence-electron chi connectivity index (χ3n) is 4.37. The number of ether oxygens (including phenoxy) is 1. The number of aryl methyl sites for hydroxylation is 1. The Morgan fingerprint density at radius 1 is 1.25 bits per heavy atom. The fourth-order valence-corrected chi connectivity index (χ4v) is 4.22. The molecule has 0 atom stereocenters. The molecule has 7 nitrogen and oxygen atoms in total. The van der Waals surface area contributed by atoms with E-state index in [-0.39, 0.29) is 11.6 Å². The van der Waals surface area contributed by atoms with Crippen molar-refractivity contribution in [3.8, 4) is 0 Å². The van der Waals surface area contributed by atoms with Crippen LogP contribution >= 0.6 is 11.3 Å². The molecule has 2 aromatic heterocycles. The Bertz CT molecular complexity index is 969. The third-order valence-corrected chi connectivity index (χ3v) is 5.57. The normalized spacial score (nSPS) is 15.3. The van der Waals surface area contributed by atoms with Crippen molar-refractivity contribution >= 4 is 44.1 Å². The smallest absolute Gasteiger partial charge is 0.270 e. The number of nitro groups is 1. The summed E-state index contributed by atoms with van der Waals surface area (Å²) < 4.78 is 7.26. The summed E-state index contributed by atoms with van der Waals surface area (Å²) in [4.78, 5) is 26.7. The van der Waals surface area contributed by atoms with Crippen molar-refractivity contribution < 1.29 is 14.5 Å². The number of rotatable bonds is 2. The Morgan fingerprint density at radius 3 is 2.71 bits per heavy atom. The van der Waals surface area contributed by atoms with Gasteiger partial charge in [0.05, 0.1) is 23.0 Å². The molecule has 3 heterocycles. The fourth-order valence-electron chi connectivity index (χ4n) is 3.11. The van der Waals surface area contributed by atoms with Crippen LogP contribution in [0.1, 0.15) is 9.67 Å². The Hall–Kier alpha value is -2.45. The lowest BCUT2D eigenvalue weighted by atomic mass is 10.2. The maximum absolute atomic E-state index is 12.7. The van der Waals surface area contributed by atoms with Crippen molar-refractivity contribution in [3.05, 3.63) is 39.3 Å². The lowest BCUT2D eigenvalue weighted by molar-refractivity contribution is -0.384. The van der Waals surface area contributed by atoms with Gasteiger partial charge >= 0.3 is 0 Å². The molecule has 1 aliphatic heterocycles. The van der Waals surface area contributed by atoms with Gasteiger partial charge in [-0.15, -0.1) is 11.3 Å². The molecule has 0 radical (unpaired) electrons. The Balaban J connectivity index is 1.82. The van der Waals surface area contributed by atoms with Gasteiger partial charge in [0, 0.05) is 48.6 Å². The number of carbonyl (C=O) groups excluding carboxylic acids is 1. The minimum atomic E-state index is -0.398. The van der Waals surface area contributed by atoms with E-state index in [2.05, 4.69) is 0 Å². The van der Waals surface area contributed by atoms with Crippen molar-refractivity contribution in [3.63, 3.8) is 0 Å². The number of nitro benzene ring substituents is 1. The quantitative estimate of drug-likeness (QED) is 0.528. The average Bonchev–Trinajstić information content (AvgIpc) is 3.15. The van der Waals surface area contributed by atoms with Gasteiger partial charge in [-0.3, -0.25) is 14.9 Å². The largest absolute Gasteiger partial charge is 0.378 e. The molecule has 0 N–H and O–H groups in total. The highest BCUT2D eigenvalue weighted by atomic mass is 32.1. The van der Waals surface area contributed by atoms with E-state index in [1.807, 2.05) is 17.7 Å². The molecule has 1 saturated heterocycles. The summed E-state index contributed by atoms with van der Waals surface area (Å²) in [5.41, 5.74) is 0.981. The number of amides is 1. The highest BCUT2D eigenvalue weighted by Crippen LogP contribution is 2.36. The summed E-state index contributed by atoms with van der Waals surface area (Å²) >= 11 is 1.43. The van der Waals surface area contributed by atoms with Crippen LogP contribution in [0.15, 0.2) is 24.3 Å². The van der Waals surface area contributed by atoms with Gasteiger partial charge < -0.3 is 14.2 Å². The predicted octanol–water partition coefficient (Wildman–Crippen LogP) is 2.77. The van der Waals surface area contributed by atoms with Crippen LogP contribution in [0.5, 0.6) is 0 Å². The first-order chi connectivity index (χ1) is 11.6. The van der Waals surface area contributed by atoms with Crippen LogP contribution in [0.25, 0.3) is 21.1 Å². The van der Waals surface area contributed by atoms with Crippen LogP contribution in [-0.2, 0) is 11.8 Å². The number of benzene rings is 1. The number of non-ortho nitro benzene ring substituents is 1. The molecule has 0 bridgehead atoms. The van der Waals surface area contributed by atoms with E-state index < -0.39 is 4.92 Å². The summed E-state index contributed by atoms with van der Waals surface area (Å²) in [5, 5.41) is 12.7. The van der Waals surface area contributed by atoms with Crippen LogP contribution < -0.4 is 0 Å². The van der Waals surface area contributed by atoms with Gasteiger partial charge in [0.1, 0.15) is 4.83 Å². The summed E-state index contributed by atoms with van der Waals surface area (Å²) in [6.07, 6.45) is 0. The van der Waals surface area contributed by atoms with Gasteiger partial charge in [0.25, 0.3) is 11.6 Å². The topological polar surface area (TPSA) is 77.6 Å². The minimum Gasteiger partial charge on any atom is -0.378 e. The van der Waals surface area contributed by atoms with E-state index in [1.54, 1.807) is 17.0 Å². The second kappa shape index (κ2) is 5.57. The number of hydrogen-bond acceptors (Lipinski definition) is 5. The molecule has 124 valence electrons. The summed E-state index contributed by atoms with van der Waals surface area (Å²) in [5.74, 6) is -0.00178. The van der Waals surface area contributed by atoms with Gasteiger partial charge in [-0.05, 0) is 12.1 Å². The zero-order chi connectivity index (χ0) is 16.8. The first-order valence-electron chi connectivity index (χ1n) is 7.59. The average molecular weight is 345 g/mol. The first kappa shape index (κ1) is 15.1. The predicted molar refractivity (Wildman–Crippen MR) is 91.7 cm³/mol. The van der Waals surface area contributed by atoms with Gasteiger partial charge in [0.15, 0.2) is 0 Å². The molecule has 4 rings (SSSR count). The lowest BCUT2D eigenvalue weighted by Gasteiger charge is -2.26. The zero-order valence-corrected chi connectivity index (χ0v) is 13.8. The number of aromatic nitrogens is 1. The van der Waals surface area contributed by atoms with Gasteiger partial charge in [0.2, 0.25) is 0 Å². The van der Waals surface area contributed by atoms with Crippen LogP contribution in [0.2, 0.25) is 0 Å². The molecule has 24 heavy (non-hydrogen) atoms. The van der Waals surface area contributed by atoms with E-state index in [1.165, 1.54) is 17.4 Å². The Morgan fingerprint density at radius 2 is 2.00 bits per heavy atom. The van der Waals surface area contributed by atoms with Crippen LogP contribution in [0.3, 0.4) is 0 Å². The van der Waals surface area contributed by atoms with Crippen LogP contribution in [-0.4, -0.2) is 46.6 Å². The number of carbonyl (C=O) groups is 1. The number of thiophene rings is 1. The number of fused-ring (bicyclic) bond motifs is 3. The van der Waals surface area contributed by atoms with Crippen molar-refractivity contribution in [1.82, 2.24) is 9.47 Å². The molecule has 8 heteroatoms. The number of morpholine rings is 1. The standard InChI is InChI=1S/C16H15N3O4S/c1-17-13-3-2-10(19(21)22)8-11(13)12-9-14(24-16(12)17)15(20)18-4-6-23-7-5-18/h2-3,8-9H,4-7H2,1H3. The van der Waals surface area contributed by atoms with Gasteiger partial charge in [-0.25, -0.2) is 0 Å². The molecular formula is C16H15N3O4S. The highest BCUT2D eigenvalue weighted by Gasteiger charge is 2.23. The van der Waals surface area contributed by atoms with Crippen molar-refractivity contribution in [2.75, 3.05) is 26.3 Å². The minimum absolute atomic E-state index is 0.00178. The van der Waals surface area contributed by atoms with E-state index in [9.17, 15) is 14.9 Å². The van der Waals surface area contributed by atoms with E-state index >= 15 is 0 Å². The molecule has 0 unspecified atom stereocenters. The summed E-state index contributed by atoms with van der Waals surface area (Å²) in [6.45, 7) is 2.32. The van der Waals surface area contributed by atoms with Crippen molar-refractivity contribution in [2.45, 2.75) is 0 Å². The van der Waals surface area contributed by atoms with E-state index in [4.69, 9.17) is 4.74 Å². The van der Waals surface area contributed by atoms with Crippen LogP contribution in [0.4, 0.5) is 5.69 Å². The Kier molecular flexibility index (Phi) is 3.50. The number of hydrogen-bond donors (Lipinski definition) is 0. The summed E-state index contributed by atoms with van der Waals surface area (Å²) in [6, 6.07) is 6.69. The monoisotopic (exact) mass is 345 g/mol. The Labute approximate surface area is 141 Å².